The zero-order valence-electron chi connectivity index (χ0n) is 14.8. The van der Waals surface area contributed by atoms with Gasteiger partial charge in [-0.05, 0) is 23.8 Å². The number of nitrogens with one attached hydrogen (secondary N) is 1. The van der Waals surface area contributed by atoms with Gasteiger partial charge in [0.1, 0.15) is 5.75 Å². The minimum Gasteiger partial charge on any atom is -0.495 e. The summed E-state index contributed by atoms with van der Waals surface area (Å²) >= 11 is 6.02. The molecule has 2 atom stereocenters. The molecule has 0 unspecified atom stereocenters. The number of carbonyl (C=O) groups excluding carboxylic acids is 1. The molecule has 3 rings (SSSR count). The molecule has 3 N–H and O–H groups in total. The number of rotatable bonds is 6. The monoisotopic (exact) mass is 373 g/mol. The van der Waals surface area contributed by atoms with Crippen LogP contribution >= 0.6 is 11.6 Å². The van der Waals surface area contributed by atoms with Crippen LogP contribution in [0.4, 0.5) is 5.69 Å². The third kappa shape index (κ3) is 4.29. The molecule has 0 aliphatic carbocycles. The molecule has 2 aromatic carbocycles. The van der Waals surface area contributed by atoms with Crippen molar-refractivity contribution < 1.29 is 9.53 Å². The normalized spacial score (nSPS) is 19.4. The van der Waals surface area contributed by atoms with Crippen molar-refractivity contribution in [3.05, 3.63) is 59.1 Å². The average Bonchev–Trinajstić information content (AvgIpc) is 3.04. The van der Waals surface area contributed by atoms with E-state index >= 15 is 0 Å². The quantitative estimate of drug-likeness (QED) is 0.816. The summed E-state index contributed by atoms with van der Waals surface area (Å²) in [6, 6.07) is 15.5. The van der Waals surface area contributed by atoms with Crippen LogP contribution in [0, 0.1) is 0 Å². The molecule has 1 aliphatic heterocycles. The van der Waals surface area contributed by atoms with Gasteiger partial charge in [-0.2, -0.15) is 0 Å². The van der Waals surface area contributed by atoms with Crippen LogP contribution in [-0.2, 0) is 4.79 Å². The van der Waals surface area contributed by atoms with E-state index in [0.29, 0.717) is 36.8 Å². The fraction of sp³-hybridized carbons (Fsp3) is 0.350. The SMILES string of the molecule is COc1ccc(Cl)cc1NCCC(=O)N1C[C@@H](N)[C@H](c2ccccc2)C1. The van der Waals surface area contributed by atoms with E-state index in [2.05, 4.69) is 17.4 Å². The van der Waals surface area contributed by atoms with Crippen LogP contribution in [0.1, 0.15) is 17.9 Å². The van der Waals surface area contributed by atoms with E-state index in [1.807, 2.05) is 23.1 Å². The van der Waals surface area contributed by atoms with Crippen molar-refractivity contribution in [3.63, 3.8) is 0 Å². The number of benzene rings is 2. The zero-order valence-corrected chi connectivity index (χ0v) is 15.6. The summed E-state index contributed by atoms with van der Waals surface area (Å²) in [6.07, 6.45) is 0.393. The molecule has 1 aliphatic rings. The number of hydrogen-bond donors (Lipinski definition) is 2. The Kier molecular flexibility index (Phi) is 6.01. The molecule has 5 nitrogen and oxygen atoms in total. The minimum atomic E-state index is -0.0256. The summed E-state index contributed by atoms with van der Waals surface area (Å²) in [4.78, 5) is 14.4. The fourth-order valence-corrected chi connectivity index (χ4v) is 3.54. The third-order valence-electron chi connectivity index (χ3n) is 4.76. The molecule has 0 spiro atoms. The molecule has 1 amide bonds. The van der Waals surface area contributed by atoms with E-state index in [0.717, 1.165) is 5.69 Å². The van der Waals surface area contributed by atoms with Gasteiger partial charge in [0.15, 0.2) is 0 Å². The number of methoxy groups -OCH3 is 1. The molecule has 0 bridgehead atoms. The lowest BCUT2D eigenvalue weighted by Gasteiger charge is -2.17. The first-order valence-corrected chi connectivity index (χ1v) is 9.12. The van der Waals surface area contributed by atoms with E-state index in [4.69, 9.17) is 22.1 Å². The molecule has 6 heteroatoms. The van der Waals surface area contributed by atoms with Crippen molar-refractivity contribution in [1.29, 1.82) is 0 Å². The molecular weight excluding hydrogens is 350 g/mol. The van der Waals surface area contributed by atoms with E-state index in [-0.39, 0.29) is 17.9 Å². The summed E-state index contributed by atoms with van der Waals surface area (Å²) in [5, 5.41) is 3.85. The number of nitrogens with two attached hydrogens (primary N) is 1. The number of hydrogen-bond acceptors (Lipinski definition) is 4. The molecule has 0 aromatic heterocycles. The summed E-state index contributed by atoms with van der Waals surface area (Å²) in [5.41, 5.74) is 8.25. The largest absolute Gasteiger partial charge is 0.495 e. The van der Waals surface area contributed by atoms with Crippen LogP contribution in [0.5, 0.6) is 5.75 Å². The maximum absolute atomic E-state index is 12.6. The number of anilines is 1. The van der Waals surface area contributed by atoms with Crippen molar-refractivity contribution >= 4 is 23.2 Å². The Morgan fingerprint density at radius 2 is 2.04 bits per heavy atom. The van der Waals surface area contributed by atoms with Gasteiger partial charge in [-0.3, -0.25) is 4.79 Å². The van der Waals surface area contributed by atoms with Crippen molar-refractivity contribution in [2.24, 2.45) is 5.73 Å². The second-order valence-electron chi connectivity index (χ2n) is 6.50. The van der Waals surface area contributed by atoms with E-state index in [1.54, 1.807) is 25.3 Å². The van der Waals surface area contributed by atoms with Gasteiger partial charge in [0.25, 0.3) is 0 Å². The van der Waals surface area contributed by atoms with Crippen molar-refractivity contribution in [3.8, 4) is 5.75 Å². The first-order chi connectivity index (χ1) is 12.6. The first kappa shape index (κ1) is 18.5. The minimum absolute atomic E-state index is 0.0256. The maximum atomic E-state index is 12.6. The first-order valence-electron chi connectivity index (χ1n) is 8.74. The Morgan fingerprint density at radius 3 is 2.77 bits per heavy atom. The van der Waals surface area contributed by atoms with Crippen LogP contribution in [0.15, 0.2) is 48.5 Å². The predicted octanol–water partition coefficient (Wildman–Crippen LogP) is 3.10. The number of halogens is 1. The van der Waals surface area contributed by atoms with Gasteiger partial charge < -0.3 is 20.7 Å². The Labute approximate surface area is 159 Å². The highest BCUT2D eigenvalue weighted by Crippen LogP contribution is 2.28. The highest BCUT2D eigenvalue weighted by Gasteiger charge is 2.33. The highest BCUT2D eigenvalue weighted by atomic mass is 35.5. The second kappa shape index (κ2) is 8.43. The van der Waals surface area contributed by atoms with Gasteiger partial charge in [0.05, 0.1) is 12.8 Å². The fourth-order valence-electron chi connectivity index (χ4n) is 3.37. The number of ether oxygens (including phenoxy) is 1. The summed E-state index contributed by atoms with van der Waals surface area (Å²) in [5.74, 6) is 1.00. The molecule has 2 aromatic rings. The summed E-state index contributed by atoms with van der Waals surface area (Å²) in [6.45, 7) is 1.78. The van der Waals surface area contributed by atoms with Crippen molar-refractivity contribution in [2.75, 3.05) is 32.1 Å². The molecule has 1 heterocycles. The van der Waals surface area contributed by atoms with Gasteiger partial charge in [0.2, 0.25) is 5.91 Å². The number of amides is 1. The van der Waals surface area contributed by atoms with Crippen LogP contribution in [0.25, 0.3) is 0 Å². The molecule has 1 fully saturated rings. The van der Waals surface area contributed by atoms with Gasteiger partial charge in [0, 0.05) is 43.0 Å². The Bertz CT molecular complexity index is 754. The number of nitrogens with zero attached hydrogens (tertiary/aromatic N) is 1. The van der Waals surface area contributed by atoms with Crippen LogP contribution in [-0.4, -0.2) is 43.6 Å². The van der Waals surface area contributed by atoms with Crippen LogP contribution in [0.3, 0.4) is 0 Å². The van der Waals surface area contributed by atoms with E-state index < -0.39 is 0 Å². The molecule has 138 valence electrons. The lowest BCUT2D eigenvalue weighted by atomic mass is 9.95. The van der Waals surface area contributed by atoms with Gasteiger partial charge >= 0.3 is 0 Å². The van der Waals surface area contributed by atoms with Crippen LogP contribution < -0.4 is 15.8 Å². The Hall–Kier alpha value is -2.24. The predicted molar refractivity (Wildman–Crippen MR) is 105 cm³/mol. The standard InChI is InChI=1S/C20H24ClN3O2/c1-26-19-8-7-15(21)11-18(19)23-10-9-20(25)24-12-16(17(22)13-24)14-5-3-2-4-6-14/h2-8,11,16-17,23H,9-10,12-13,22H2,1H3/t16-,17+/m0/s1. The van der Waals surface area contributed by atoms with Crippen molar-refractivity contribution in [1.82, 2.24) is 4.90 Å². The zero-order chi connectivity index (χ0) is 18.5. The van der Waals surface area contributed by atoms with E-state index in [9.17, 15) is 4.79 Å². The number of carbonyl (C=O) groups is 1. The smallest absolute Gasteiger partial charge is 0.224 e. The Balaban J connectivity index is 1.54. The second-order valence-corrected chi connectivity index (χ2v) is 6.94. The molecule has 1 saturated heterocycles. The topological polar surface area (TPSA) is 67.6 Å². The molecule has 0 saturated carbocycles. The van der Waals surface area contributed by atoms with Gasteiger partial charge in [-0.15, -0.1) is 0 Å². The molecule has 0 radical (unpaired) electrons. The van der Waals surface area contributed by atoms with E-state index in [1.165, 1.54) is 5.56 Å². The third-order valence-corrected chi connectivity index (χ3v) is 5.00. The number of likely N-dealkylation sites (tertiary alicyclic amines) is 1. The van der Waals surface area contributed by atoms with Gasteiger partial charge in [-0.25, -0.2) is 0 Å². The molecule has 26 heavy (non-hydrogen) atoms. The molecular formula is C20H24ClN3O2. The van der Waals surface area contributed by atoms with Crippen molar-refractivity contribution in [2.45, 2.75) is 18.4 Å². The summed E-state index contributed by atoms with van der Waals surface area (Å²) in [7, 11) is 1.61. The lowest BCUT2D eigenvalue weighted by Crippen LogP contribution is -2.33. The van der Waals surface area contributed by atoms with Crippen LogP contribution in [0.2, 0.25) is 5.02 Å². The maximum Gasteiger partial charge on any atom is 0.224 e. The Morgan fingerprint density at radius 1 is 1.27 bits per heavy atom. The summed E-state index contributed by atoms with van der Waals surface area (Å²) < 4.78 is 5.30. The average molecular weight is 374 g/mol. The highest BCUT2D eigenvalue weighted by molar-refractivity contribution is 6.30. The van der Waals surface area contributed by atoms with Gasteiger partial charge in [-0.1, -0.05) is 41.9 Å². The lowest BCUT2D eigenvalue weighted by molar-refractivity contribution is -0.129.